The van der Waals surface area contributed by atoms with Crippen LogP contribution >= 0.6 is 0 Å². The zero-order valence-electron chi connectivity index (χ0n) is 11.7. The average Bonchev–Trinajstić information content (AvgIpc) is 2.43. The summed E-state index contributed by atoms with van der Waals surface area (Å²) >= 11 is 0. The number of benzene rings is 1. The Labute approximate surface area is 118 Å². The lowest BCUT2D eigenvalue weighted by atomic mass is 9.83. The van der Waals surface area contributed by atoms with Crippen LogP contribution in [0.5, 0.6) is 0 Å². The highest BCUT2D eigenvalue weighted by Gasteiger charge is 2.33. The molecule has 1 aliphatic carbocycles. The predicted molar refractivity (Wildman–Crippen MR) is 75.8 cm³/mol. The topological polar surface area (TPSA) is 46.6 Å². The van der Waals surface area contributed by atoms with Gasteiger partial charge in [0.15, 0.2) is 0 Å². The molecule has 1 aromatic carbocycles. The monoisotopic (exact) mass is 273 g/mol. The van der Waals surface area contributed by atoms with Crippen LogP contribution in [0.4, 0.5) is 5.69 Å². The van der Waals surface area contributed by atoms with E-state index in [0.717, 1.165) is 49.9 Å². The first-order valence-corrected chi connectivity index (χ1v) is 7.24. The number of methoxy groups -OCH3 is 1. The third-order valence-corrected chi connectivity index (χ3v) is 4.38. The molecule has 4 nitrogen and oxygen atoms in total. The van der Waals surface area contributed by atoms with Crippen LogP contribution in [-0.2, 0) is 16.0 Å². The summed E-state index contributed by atoms with van der Waals surface area (Å²) in [5.41, 5.74) is 2.45. The van der Waals surface area contributed by atoms with Crippen LogP contribution in [0.3, 0.4) is 0 Å². The number of ether oxygens (including phenoxy) is 1. The number of fused-ring (bicyclic) bond motifs is 1. The van der Waals surface area contributed by atoms with E-state index < -0.39 is 0 Å². The summed E-state index contributed by atoms with van der Waals surface area (Å²) in [6, 6.07) is 5.55. The van der Waals surface area contributed by atoms with Gasteiger partial charge in [-0.2, -0.15) is 0 Å². The summed E-state index contributed by atoms with van der Waals surface area (Å²) in [5, 5.41) is 0. The van der Waals surface area contributed by atoms with Gasteiger partial charge in [-0.3, -0.25) is 4.79 Å². The van der Waals surface area contributed by atoms with Crippen LogP contribution < -0.4 is 4.90 Å². The van der Waals surface area contributed by atoms with E-state index in [1.54, 1.807) is 6.07 Å². The lowest BCUT2D eigenvalue weighted by Gasteiger charge is -2.35. The Morgan fingerprint density at radius 3 is 2.70 bits per heavy atom. The predicted octanol–water partition coefficient (Wildman–Crippen LogP) is 2.55. The molecule has 0 spiro atoms. The Balaban J connectivity index is 1.96. The highest BCUT2D eigenvalue weighted by Crippen LogP contribution is 2.35. The molecule has 1 aliphatic heterocycles. The van der Waals surface area contributed by atoms with Gasteiger partial charge in [0, 0.05) is 18.2 Å². The molecule has 2 aliphatic rings. The lowest BCUT2D eigenvalue weighted by Crippen LogP contribution is -2.42. The second-order valence-corrected chi connectivity index (χ2v) is 5.52. The summed E-state index contributed by atoms with van der Waals surface area (Å²) in [6.45, 7) is 0.757. The lowest BCUT2D eigenvalue weighted by molar-refractivity contribution is -0.124. The second-order valence-electron chi connectivity index (χ2n) is 5.52. The SMILES string of the molecule is COC(=O)c1cccc2c1CCCN2C(=O)C1CCC1. The largest absolute Gasteiger partial charge is 0.465 e. The molecule has 1 heterocycles. The first-order chi connectivity index (χ1) is 9.72. The maximum Gasteiger partial charge on any atom is 0.338 e. The summed E-state index contributed by atoms with van der Waals surface area (Å²) in [7, 11) is 1.39. The van der Waals surface area contributed by atoms with Gasteiger partial charge in [-0.1, -0.05) is 12.5 Å². The number of carbonyl (C=O) groups excluding carboxylic acids is 2. The summed E-state index contributed by atoms with van der Waals surface area (Å²) in [6.07, 6.45) is 4.89. The molecule has 0 N–H and O–H groups in total. The fraction of sp³-hybridized carbons (Fsp3) is 0.500. The van der Waals surface area contributed by atoms with Crippen molar-refractivity contribution >= 4 is 17.6 Å². The van der Waals surface area contributed by atoms with Gasteiger partial charge in [0.25, 0.3) is 0 Å². The summed E-state index contributed by atoms with van der Waals surface area (Å²) < 4.78 is 4.84. The molecular formula is C16H19NO3. The second kappa shape index (κ2) is 5.27. The van der Waals surface area contributed by atoms with E-state index in [-0.39, 0.29) is 17.8 Å². The van der Waals surface area contributed by atoms with Crippen LogP contribution in [-0.4, -0.2) is 25.5 Å². The highest BCUT2D eigenvalue weighted by atomic mass is 16.5. The molecule has 0 aromatic heterocycles. The molecule has 0 unspecified atom stereocenters. The van der Waals surface area contributed by atoms with E-state index in [9.17, 15) is 9.59 Å². The number of anilines is 1. The Morgan fingerprint density at radius 1 is 1.25 bits per heavy atom. The molecular weight excluding hydrogens is 254 g/mol. The molecule has 0 saturated heterocycles. The van der Waals surface area contributed by atoms with Crippen LogP contribution in [0, 0.1) is 5.92 Å². The Bertz CT molecular complexity index is 549. The zero-order valence-corrected chi connectivity index (χ0v) is 11.7. The molecule has 106 valence electrons. The third kappa shape index (κ3) is 2.09. The van der Waals surface area contributed by atoms with Gasteiger partial charge >= 0.3 is 5.97 Å². The van der Waals surface area contributed by atoms with E-state index in [1.807, 2.05) is 17.0 Å². The van der Waals surface area contributed by atoms with E-state index in [0.29, 0.717) is 5.56 Å². The van der Waals surface area contributed by atoms with Crippen molar-refractivity contribution in [3.8, 4) is 0 Å². The fourth-order valence-corrected chi connectivity index (χ4v) is 3.03. The van der Waals surface area contributed by atoms with Crippen molar-refractivity contribution in [2.75, 3.05) is 18.6 Å². The van der Waals surface area contributed by atoms with Crippen LogP contribution in [0.2, 0.25) is 0 Å². The van der Waals surface area contributed by atoms with Crippen molar-refractivity contribution in [3.05, 3.63) is 29.3 Å². The minimum absolute atomic E-state index is 0.183. The zero-order chi connectivity index (χ0) is 14.1. The Morgan fingerprint density at radius 2 is 2.05 bits per heavy atom. The first-order valence-electron chi connectivity index (χ1n) is 7.24. The van der Waals surface area contributed by atoms with Gasteiger partial charge < -0.3 is 9.64 Å². The fourth-order valence-electron chi connectivity index (χ4n) is 3.03. The minimum atomic E-state index is -0.320. The van der Waals surface area contributed by atoms with Crippen molar-refractivity contribution in [1.82, 2.24) is 0 Å². The summed E-state index contributed by atoms with van der Waals surface area (Å²) in [4.78, 5) is 26.2. The van der Waals surface area contributed by atoms with E-state index >= 15 is 0 Å². The molecule has 0 bridgehead atoms. The van der Waals surface area contributed by atoms with Crippen LogP contribution in [0.15, 0.2) is 18.2 Å². The van der Waals surface area contributed by atoms with E-state index in [4.69, 9.17) is 4.74 Å². The van der Waals surface area contributed by atoms with Gasteiger partial charge in [-0.05, 0) is 43.4 Å². The highest BCUT2D eigenvalue weighted by molar-refractivity contribution is 5.99. The molecule has 20 heavy (non-hydrogen) atoms. The number of hydrogen-bond donors (Lipinski definition) is 0. The maximum atomic E-state index is 12.5. The van der Waals surface area contributed by atoms with Crippen LogP contribution in [0.1, 0.15) is 41.6 Å². The van der Waals surface area contributed by atoms with Crippen molar-refractivity contribution in [1.29, 1.82) is 0 Å². The average molecular weight is 273 g/mol. The normalized spacial score (nSPS) is 18.1. The number of nitrogens with zero attached hydrogens (tertiary/aromatic N) is 1. The number of amides is 1. The van der Waals surface area contributed by atoms with Gasteiger partial charge in [-0.15, -0.1) is 0 Å². The smallest absolute Gasteiger partial charge is 0.338 e. The third-order valence-electron chi connectivity index (χ3n) is 4.38. The molecule has 1 saturated carbocycles. The maximum absolute atomic E-state index is 12.5. The van der Waals surface area contributed by atoms with Crippen molar-refractivity contribution in [2.24, 2.45) is 5.92 Å². The van der Waals surface area contributed by atoms with Crippen molar-refractivity contribution in [3.63, 3.8) is 0 Å². The molecule has 1 amide bonds. The summed E-state index contributed by atoms with van der Waals surface area (Å²) in [5.74, 6) is 0.0849. The van der Waals surface area contributed by atoms with Crippen molar-refractivity contribution < 1.29 is 14.3 Å². The van der Waals surface area contributed by atoms with Crippen molar-refractivity contribution in [2.45, 2.75) is 32.1 Å². The van der Waals surface area contributed by atoms with Gasteiger partial charge in [0.2, 0.25) is 5.91 Å². The molecule has 1 aromatic rings. The number of hydrogen-bond acceptors (Lipinski definition) is 3. The number of esters is 1. The minimum Gasteiger partial charge on any atom is -0.465 e. The van der Waals surface area contributed by atoms with E-state index in [1.165, 1.54) is 7.11 Å². The Hall–Kier alpha value is -1.84. The number of rotatable bonds is 2. The van der Waals surface area contributed by atoms with Gasteiger partial charge in [-0.25, -0.2) is 4.79 Å². The number of carbonyl (C=O) groups is 2. The molecule has 3 rings (SSSR count). The standard InChI is InChI=1S/C16H19NO3/c1-20-16(19)13-7-3-9-14-12(13)8-4-10-17(14)15(18)11-5-2-6-11/h3,7,9,11H,2,4-6,8,10H2,1H3. The molecule has 4 heteroatoms. The quantitative estimate of drug-likeness (QED) is 0.778. The Kier molecular flexibility index (Phi) is 3.47. The van der Waals surface area contributed by atoms with Crippen LogP contribution in [0.25, 0.3) is 0 Å². The molecule has 1 fully saturated rings. The molecule has 0 radical (unpaired) electrons. The van der Waals surface area contributed by atoms with Gasteiger partial charge in [0.05, 0.1) is 12.7 Å². The molecule has 0 atom stereocenters. The first kappa shape index (κ1) is 13.2. The van der Waals surface area contributed by atoms with E-state index in [2.05, 4.69) is 0 Å². The van der Waals surface area contributed by atoms with Gasteiger partial charge in [0.1, 0.15) is 0 Å².